The molecule has 2 aliphatic rings. The number of fused-ring (bicyclic) bond motifs is 1. The minimum absolute atomic E-state index is 0.0731. The quantitative estimate of drug-likeness (QED) is 0.651. The molecule has 1 fully saturated rings. The fourth-order valence-corrected chi connectivity index (χ4v) is 7.03. The Hall–Kier alpha value is -0.920. The van der Waals surface area contributed by atoms with Gasteiger partial charge < -0.3 is 4.90 Å². The number of aliphatic imine (C=N–C) groups is 1. The summed E-state index contributed by atoms with van der Waals surface area (Å²) in [6.45, 7) is 0. The predicted octanol–water partition coefficient (Wildman–Crippen LogP) is 4.92. The van der Waals surface area contributed by atoms with Crippen molar-refractivity contribution in [1.29, 1.82) is 0 Å². The SMILES string of the molecule is O=S1(=O)C[C@H]2N=C(SCc3cccc(Cl)c3)N(c3cc(Cl)cc(Cl)c3)[C@H]2C1. The van der Waals surface area contributed by atoms with E-state index in [4.69, 9.17) is 39.8 Å². The van der Waals surface area contributed by atoms with Gasteiger partial charge in [0.15, 0.2) is 15.0 Å². The third-order valence-corrected chi connectivity index (χ3v) is 7.90. The summed E-state index contributed by atoms with van der Waals surface area (Å²) >= 11 is 20.0. The summed E-state index contributed by atoms with van der Waals surface area (Å²) in [7, 11) is -3.10. The van der Waals surface area contributed by atoms with E-state index in [1.165, 1.54) is 0 Å². The minimum Gasteiger partial charge on any atom is -0.315 e. The van der Waals surface area contributed by atoms with Crippen LogP contribution < -0.4 is 4.90 Å². The standard InChI is InChI=1S/C18H15Cl3N2O2S2/c19-12-3-1-2-11(4-12)8-26-18-22-16-9-27(24,25)10-17(16)23(18)15-6-13(20)5-14(21)7-15/h1-7,16-17H,8-10H2/t16-,17+/m1/s1. The van der Waals surface area contributed by atoms with Gasteiger partial charge in [-0.05, 0) is 35.9 Å². The average Bonchev–Trinajstić information content (AvgIpc) is 3.03. The van der Waals surface area contributed by atoms with Crippen LogP contribution in [0.15, 0.2) is 47.5 Å². The van der Waals surface area contributed by atoms with Gasteiger partial charge in [-0.1, -0.05) is 58.7 Å². The minimum atomic E-state index is -3.10. The summed E-state index contributed by atoms with van der Waals surface area (Å²) in [6.07, 6.45) is 0. The number of rotatable bonds is 3. The van der Waals surface area contributed by atoms with Crippen molar-refractivity contribution < 1.29 is 8.42 Å². The maximum atomic E-state index is 12.1. The Kier molecular flexibility index (Phi) is 5.38. The number of thioether (sulfide) groups is 1. The molecule has 2 aromatic carbocycles. The van der Waals surface area contributed by atoms with Gasteiger partial charge in [-0.15, -0.1) is 0 Å². The summed E-state index contributed by atoms with van der Waals surface area (Å²) in [5, 5.41) is 2.46. The second-order valence-electron chi connectivity index (χ2n) is 6.54. The van der Waals surface area contributed by atoms with Crippen LogP contribution in [0.2, 0.25) is 15.1 Å². The molecule has 0 aromatic heterocycles. The highest BCUT2D eigenvalue weighted by molar-refractivity contribution is 8.13. The molecular weight excluding hydrogens is 447 g/mol. The van der Waals surface area contributed by atoms with Crippen LogP contribution in [0, 0.1) is 0 Å². The smallest absolute Gasteiger partial charge is 0.164 e. The first-order chi connectivity index (χ1) is 12.8. The molecule has 2 aliphatic heterocycles. The molecule has 0 amide bonds. The molecule has 1 saturated heterocycles. The fraction of sp³-hybridized carbons (Fsp3) is 0.278. The lowest BCUT2D eigenvalue weighted by Crippen LogP contribution is -2.39. The first-order valence-corrected chi connectivity index (χ1v) is 12.2. The fourth-order valence-electron chi connectivity index (χ4n) is 3.39. The van der Waals surface area contributed by atoms with Crippen molar-refractivity contribution in [2.24, 2.45) is 4.99 Å². The molecule has 0 radical (unpaired) electrons. The molecule has 9 heteroatoms. The van der Waals surface area contributed by atoms with E-state index in [2.05, 4.69) is 0 Å². The second-order valence-corrected chi connectivity index (χ2v) is 10.9. The molecule has 4 nitrogen and oxygen atoms in total. The number of benzene rings is 2. The van der Waals surface area contributed by atoms with Gasteiger partial charge in [0.05, 0.1) is 23.6 Å². The molecule has 2 heterocycles. The largest absolute Gasteiger partial charge is 0.315 e. The first kappa shape index (κ1) is 19.4. The lowest BCUT2D eigenvalue weighted by molar-refractivity contribution is 0.601. The zero-order valence-electron chi connectivity index (χ0n) is 14.0. The van der Waals surface area contributed by atoms with Crippen molar-refractivity contribution in [3.63, 3.8) is 0 Å². The Balaban J connectivity index is 1.65. The molecule has 142 valence electrons. The van der Waals surface area contributed by atoms with Crippen LogP contribution >= 0.6 is 46.6 Å². The number of sulfone groups is 1. The van der Waals surface area contributed by atoms with Crippen LogP contribution in [0.25, 0.3) is 0 Å². The summed E-state index contributed by atoms with van der Waals surface area (Å²) in [5.74, 6) is 0.826. The van der Waals surface area contributed by atoms with Crippen LogP contribution in [0.5, 0.6) is 0 Å². The Labute approximate surface area is 177 Å². The van der Waals surface area contributed by atoms with Crippen LogP contribution in [-0.2, 0) is 15.6 Å². The van der Waals surface area contributed by atoms with Crippen molar-refractivity contribution in [2.45, 2.75) is 17.8 Å². The van der Waals surface area contributed by atoms with Crippen LogP contribution in [0.3, 0.4) is 0 Å². The lowest BCUT2D eigenvalue weighted by Gasteiger charge is -2.27. The van der Waals surface area contributed by atoms with Gasteiger partial charge in [0.25, 0.3) is 0 Å². The Morgan fingerprint density at radius 1 is 1.04 bits per heavy atom. The van der Waals surface area contributed by atoms with Gasteiger partial charge in [-0.25, -0.2) is 8.42 Å². The molecule has 0 spiro atoms. The third kappa shape index (κ3) is 4.25. The van der Waals surface area contributed by atoms with E-state index in [-0.39, 0.29) is 23.6 Å². The van der Waals surface area contributed by atoms with Gasteiger partial charge in [0, 0.05) is 26.5 Å². The van der Waals surface area contributed by atoms with E-state index in [0.29, 0.717) is 20.8 Å². The summed E-state index contributed by atoms with van der Waals surface area (Å²) < 4.78 is 24.2. The highest BCUT2D eigenvalue weighted by Gasteiger charge is 2.47. The molecule has 0 N–H and O–H groups in total. The number of anilines is 1. The highest BCUT2D eigenvalue weighted by Crippen LogP contribution is 2.38. The van der Waals surface area contributed by atoms with Gasteiger partial charge in [0.1, 0.15) is 0 Å². The Morgan fingerprint density at radius 2 is 1.78 bits per heavy atom. The topological polar surface area (TPSA) is 49.7 Å². The summed E-state index contributed by atoms with van der Waals surface area (Å²) in [5.41, 5.74) is 1.83. The van der Waals surface area contributed by atoms with E-state index in [1.54, 1.807) is 30.0 Å². The van der Waals surface area contributed by atoms with Crippen molar-refractivity contribution >= 4 is 67.3 Å². The number of hydrogen-bond acceptors (Lipinski definition) is 5. The van der Waals surface area contributed by atoms with Crippen molar-refractivity contribution in [3.8, 4) is 0 Å². The Bertz CT molecular complexity index is 1010. The van der Waals surface area contributed by atoms with E-state index in [1.807, 2.05) is 29.2 Å². The van der Waals surface area contributed by atoms with E-state index in [9.17, 15) is 8.42 Å². The van der Waals surface area contributed by atoms with E-state index in [0.717, 1.165) is 16.4 Å². The normalized spacial score (nSPS) is 23.4. The van der Waals surface area contributed by atoms with Crippen molar-refractivity contribution in [2.75, 3.05) is 16.4 Å². The maximum Gasteiger partial charge on any atom is 0.164 e. The van der Waals surface area contributed by atoms with Crippen molar-refractivity contribution in [1.82, 2.24) is 0 Å². The molecule has 4 rings (SSSR count). The third-order valence-electron chi connectivity index (χ3n) is 4.49. The van der Waals surface area contributed by atoms with Gasteiger partial charge >= 0.3 is 0 Å². The lowest BCUT2D eigenvalue weighted by atomic mass is 10.1. The predicted molar refractivity (Wildman–Crippen MR) is 115 cm³/mol. The zero-order valence-corrected chi connectivity index (χ0v) is 17.9. The summed E-state index contributed by atoms with van der Waals surface area (Å²) in [4.78, 5) is 6.67. The van der Waals surface area contributed by atoms with Crippen molar-refractivity contribution in [3.05, 3.63) is 63.1 Å². The van der Waals surface area contributed by atoms with E-state index < -0.39 is 9.84 Å². The molecule has 2 atom stereocenters. The Morgan fingerprint density at radius 3 is 2.48 bits per heavy atom. The van der Waals surface area contributed by atoms with E-state index >= 15 is 0 Å². The van der Waals surface area contributed by atoms with Gasteiger partial charge in [0.2, 0.25) is 0 Å². The molecular formula is C18H15Cl3N2O2S2. The molecule has 27 heavy (non-hydrogen) atoms. The first-order valence-electron chi connectivity index (χ1n) is 8.21. The van der Waals surface area contributed by atoms with Gasteiger partial charge in [-0.3, -0.25) is 4.99 Å². The molecule has 0 saturated carbocycles. The molecule has 0 bridgehead atoms. The number of amidine groups is 1. The molecule has 0 unspecified atom stereocenters. The zero-order chi connectivity index (χ0) is 19.2. The maximum absolute atomic E-state index is 12.1. The monoisotopic (exact) mass is 460 g/mol. The molecule has 2 aromatic rings. The number of nitrogens with zero attached hydrogens (tertiary/aromatic N) is 2. The average molecular weight is 462 g/mol. The molecule has 0 aliphatic carbocycles. The number of hydrogen-bond donors (Lipinski definition) is 0. The second kappa shape index (κ2) is 7.48. The van der Waals surface area contributed by atoms with Crippen LogP contribution in [0.1, 0.15) is 5.56 Å². The van der Waals surface area contributed by atoms with Gasteiger partial charge in [-0.2, -0.15) is 0 Å². The highest BCUT2D eigenvalue weighted by atomic mass is 35.5. The van der Waals surface area contributed by atoms with Crippen LogP contribution in [0.4, 0.5) is 5.69 Å². The summed E-state index contributed by atoms with van der Waals surface area (Å²) in [6, 6.07) is 12.4. The van der Waals surface area contributed by atoms with Crippen LogP contribution in [-0.4, -0.2) is 37.2 Å². The number of halogens is 3.